The smallest absolute Gasteiger partial charge is 0.0730 e. The molecule has 1 aliphatic rings. The maximum Gasteiger partial charge on any atom is 0.0730 e. The zero-order valence-electron chi connectivity index (χ0n) is 8.33. The van der Waals surface area contributed by atoms with Crippen LogP contribution in [0.5, 0.6) is 0 Å². The fourth-order valence-electron chi connectivity index (χ4n) is 1.90. The first-order valence-corrected chi connectivity index (χ1v) is 5.00. The zero-order chi connectivity index (χ0) is 9.42. The number of rotatable bonds is 3. The highest BCUT2D eigenvalue weighted by Crippen LogP contribution is 2.42. The van der Waals surface area contributed by atoms with Crippen LogP contribution in [0.2, 0.25) is 0 Å². The number of aromatic nitrogens is 2. The topological polar surface area (TPSA) is 43.8 Å². The van der Waals surface area contributed by atoms with Gasteiger partial charge in [-0.3, -0.25) is 4.68 Å². The van der Waals surface area contributed by atoms with E-state index in [1.807, 2.05) is 11.6 Å². The minimum absolute atomic E-state index is 0.814. The molecule has 0 saturated heterocycles. The molecule has 1 aliphatic carbocycles. The quantitative estimate of drug-likeness (QED) is 0.769. The van der Waals surface area contributed by atoms with Crippen molar-refractivity contribution in [3.05, 3.63) is 11.9 Å². The van der Waals surface area contributed by atoms with Crippen LogP contribution in [0.25, 0.3) is 0 Å². The first-order valence-electron chi connectivity index (χ1n) is 5.00. The highest BCUT2D eigenvalue weighted by molar-refractivity contribution is 5.39. The second kappa shape index (κ2) is 3.05. The third kappa shape index (κ3) is 1.55. The van der Waals surface area contributed by atoms with Crippen molar-refractivity contribution in [1.82, 2.24) is 9.78 Å². The molecule has 2 N–H and O–H groups in total. The normalized spacial score (nSPS) is 26.3. The molecule has 0 bridgehead atoms. The van der Waals surface area contributed by atoms with Gasteiger partial charge in [-0.15, -0.1) is 0 Å². The molecule has 0 aromatic carbocycles. The monoisotopic (exact) mass is 179 g/mol. The van der Waals surface area contributed by atoms with Crippen molar-refractivity contribution in [3.8, 4) is 0 Å². The second-order valence-electron chi connectivity index (χ2n) is 4.03. The summed E-state index contributed by atoms with van der Waals surface area (Å²) in [5.74, 6) is 1.79. The largest absolute Gasteiger partial charge is 0.396 e. The minimum Gasteiger partial charge on any atom is -0.396 e. The third-order valence-electron chi connectivity index (χ3n) is 3.14. The predicted octanol–water partition coefficient (Wildman–Crippen LogP) is 1.82. The van der Waals surface area contributed by atoms with Crippen LogP contribution in [-0.2, 0) is 6.54 Å². The number of nitrogens with two attached hydrogens (primary N) is 1. The number of hydrogen-bond acceptors (Lipinski definition) is 2. The van der Waals surface area contributed by atoms with Crippen molar-refractivity contribution >= 4 is 5.69 Å². The number of nitrogens with zero attached hydrogens (tertiary/aromatic N) is 2. The zero-order valence-corrected chi connectivity index (χ0v) is 8.33. The average molecular weight is 179 g/mol. The molecule has 0 amide bonds. The minimum atomic E-state index is 0.814. The van der Waals surface area contributed by atoms with Gasteiger partial charge in [0.2, 0.25) is 0 Å². The summed E-state index contributed by atoms with van der Waals surface area (Å²) in [5, 5.41) is 4.26. The summed E-state index contributed by atoms with van der Waals surface area (Å²) in [6.07, 6.45) is 4.43. The molecule has 0 spiro atoms. The van der Waals surface area contributed by atoms with Crippen LogP contribution in [0.3, 0.4) is 0 Å². The van der Waals surface area contributed by atoms with Gasteiger partial charge in [-0.05, 0) is 25.2 Å². The van der Waals surface area contributed by atoms with Crippen LogP contribution in [-0.4, -0.2) is 9.78 Å². The van der Waals surface area contributed by atoms with Gasteiger partial charge in [0.25, 0.3) is 0 Å². The van der Waals surface area contributed by atoms with Gasteiger partial charge in [0.1, 0.15) is 0 Å². The second-order valence-corrected chi connectivity index (χ2v) is 4.03. The van der Waals surface area contributed by atoms with Crippen LogP contribution in [0.1, 0.15) is 25.5 Å². The van der Waals surface area contributed by atoms with Crippen molar-refractivity contribution in [1.29, 1.82) is 0 Å². The van der Waals surface area contributed by atoms with Crippen molar-refractivity contribution in [3.63, 3.8) is 0 Å². The van der Waals surface area contributed by atoms with E-state index >= 15 is 0 Å². The molecule has 0 radical (unpaired) electrons. The summed E-state index contributed by atoms with van der Waals surface area (Å²) in [6.45, 7) is 5.35. The molecule has 0 unspecified atom stereocenters. The molecule has 13 heavy (non-hydrogen) atoms. The van der Waals surface area contributed by atoms with Gasteiger partial charge in [-0.25, -0.2) is 0 Å². The summed E-state index contributed by atoms with van der Waals surface area (Å²) in [6, 6.07) is 0. The van der Waals surface area contributed by atoms with E-state index in [0.717, 1.165) is 29.8 Å². The Morgan fingerprint density at radius 3 is 2.85 bits per heavy atom. The molecule has 3 nitrogen and oxygen atoms in total. The fourth-order valence-corrected chi connectivity index (χ4v) is 1.90. The van der Waals surface area contributed by atoms with E-state index < -0.39 is 0 Å². The summed E-state index contributed by atoms with van der Waals surface area (Å²) in [7, 11) is 0. The Labute approximate surface area is 78.9 Å². The predicted molar refractivity (Wildman–Crippen MR) is 53.3 cm³/mol. The first-order chi connectivity index (χ1) is 6.22. The molecule has 1 heterocycles. The average Bonchev–Trinajstić information content (AvgIpc) is 2.81. The van der Waals surface area contributed by atoms with Gasteiger partial charge >= 0.3 is 0 Å². The molecule has 1 saturated carbocycles. The number of hydrogen-bond donors (Lipinski definition) is 1. The van der Waals surface area contributed by atoms with Crippen molar-refractivity contribution in [2.75, 3.05) is 5.73 Å². The molecular formula is C10H17N3. The lowest BCUT2D eigenvalue weighted by Gasteiger charge is -2.02. The molecule has 72 valence electrons. The standard InChI is InChI=1S/C10H17N3/c1-3-8-4-9(8)6-13-7(2)10(11)5-12-13/h5,8-9H,3-4,6,11H2,1-2H3/t8-,9+/m1/s1. The lowest BCUT2D eigenvalue weighted by molar-refractivity contribution is 0.516. The van der Waals surface area contributed by atoms with Crippen molar-refractivity contribution in [2.24, 2.45) is 11.8 Å². The molecule has 1 aromatic rings. The van der Waals surface area contributed by atoms with E-state index in [2.05, 4.69) is 12.0 Å². The Balaban J connectivity index is 1.99. The Morgan fingerprint density at radius 1 is 1.62 bits per heavy atom. The maximum absolute atomic E-state index is 5.72. The van der Waals surface area contributed by atoms with Gasteiger partial charge in [0.15, 0.2) is 0 Å². The first kappa shape index (κ1) is 8.60. The lowest BCUT2D eigenvalue weighted by Crippen LogP contribution is -2.05. The van der Waals surface area contributed by atoms with E-state index in [9.17, 15) is 0 Å². The fraction of sp³-hybridized carbons (Fsp3) is 0.700. The Morgan fingerprint density at radius 2 is 2.38 bits per heavy atom. The van der Waals surface area contributed by atoms with Gasteiger partial charge in [0.05, 0.1) is 17.6 Å². The highest BCUT2D eigenvalue weighted by Gasteiger charge is 2.35. The molecule has 2 atom stereocenters. The van der Waals surface area contributed by atoms with Crippen molar-refractivity contribution in [2.45, 2.75) is 33.2 Å². The summed E-state index contributed by atoms with van der Waals surface area (Å²) < 4.78 is 2.04. The Hall–Kier alpha value is -0.990. The molecule has 0 aliphatic heterocycles. The molecule has 2 rings (SSSR count). The summed E-state index contributed by atoms with van der Waals surface area (Å²) in [5.41, 5.74) is 7.65. The van der Waals surface area contributed by atoms with E-state index in [1.54, 1.807) is 6.20 Å². The highest BCUT2D eigenvalue weighted by atomic mass is 15.3. The number of nitrogen functional groups attached to an aromatic ring is 1. The van der Waals surface area contributed by atoms with Crippen LogP contribution in [0, 0.1) is 18.8 Å². The molecule has 1 fully saturated rings. The Bertz CT molecular complexity index is 303. The molecule has 3 heteroatoms. The maximum atomic E-state index is 5.72. The third-order valence-corrected chi connectivity index (χ3v) is 3.14. The van der Waals surface area contributed by atoms with E-state index in [1.165, 1.54) is 12.8 Å². The Kier molecular flexibility index (Phi) is 2.02. The van der Waals surface area contributed by atoms with Gasteiger partial charge < -0.3 is 5.73 Å². The van der Waals surface area contributed by atoms with Gasteiger partial charge in [-0.1, -0.05) is 13.3 Å². The van der Waals surface area contributed by atoms with Crippen LogP contribution >= 0.6 is 0 Å². The lowest BCUT2D eigenvalue weighted by atomic mass is 10.2. The van der Waals surface area contributed by atoms with E-state index in [0.29, 0.717) is 0 Å². The summed E-state index contributed by atoms with van der Waals surface area (Å²) >= 11 is 0. The van der Waals surface area contributed by atoms with Crippen LogP contribution < -0.4 is 5.73 Å². The SMILES string of the molecule is CC[C@@H]1C[C@H]1Cn1ncc(N)c1C. The van der Waals surface area contributed by atoms with Crippen molar-refractivity contribution < 1.29 is 0 Å². The van der Waals surface area contributed by atoms with Crippen LogP contribution in [0.15, 0.2) is 6.20 Å². The van der Waals surface area contributed by atoms with E-state index in [4.69, 9.17) is 5.73 Å². The molecular weight excluding hydrogens is 162 g/mol. The molecule has 1 aromatic heterocycles. The van der Waals surface area contributed by atoms with Gasteiger partial charge in [-0.2, -0.15) is 5.10 Å². The van der Waals surface area contributed by atoms with E-state index in [-0.39, 0.29) is 0 Å². The number of anilines is 1. The summed E-state index contributed by atoms with van der Waals surface area (Å²) in [4.78, 5) is 0. The van der Waals surface area contributed by atoms with Crippen LogP contribution in [0.4, 0.5) is 5.69 Å². The van der Waals surface area contributed by atoms with Gasteiger partial charge in [0, 0.05) is 6.54 Å².